The van der Waals surface area contributed by atoms with E-state index in [4.69, 9.17) is 15.0 Å². The molecule has 0 radical (unpaired) electrons. The second kappa shape index (κ2) is 9.17. The lowest BCUT2D eigenvalue weighted by Crippen LogP contribution is -1.98. The van der Waals surface area contributed by atoms with Crippen molar-refractivity contribution in [2.75, 3.05) is 0 Å². The molecule has 11 heavy (non-hydrogen) atoms. The Bertz CT molecular complexity index is 106. The zero-order valence-corrected chi connectivity index (χ0v) is 7.08. The molecular formula is C8H16O3. The summed E-state index contributed by atoms with van der Waals surface area (Å²) in [4.78, 5) is 9.00. The number of aliphatic hydroxyl groups is 1. The van der Waals surface area contributed by atoms with Crippen LogP contribution in [0.1, 0.15) is 26.7 Å². The molecule has 0 aliphatic heterocycles. The van der Waals surface area contributed by atoms with Crippen LogP contribution in [0.4, 0.5) is 0 Å². The Kier molecular flexibility index (Phi) is 10.7. The van der Waals surface area contributed by atoms with E-state index in [1.807, 2.05) is 6.92 Å². The van der Waals surface area contributed by atoms with Gasteiger partial charge in [0.2, 0.25) is 0 Å². The minimum Gasteiger partial charge on any atom is -0.481 e. The van der Waals surface area contributed by atoms with Crippen LogP contribution in [0.3, 0.4) is 0 Å². The summed E-state index contributed by atoms with van der Waals surface area (Å²) >= 11 is 0. The smallest absolute Gasteiger partial charge is 0.300 e. The molecule has 0 aromatic carbocycles. The molecule has 0 aliphatic rings. The molecule has 0 bridgehead atoms. The Hall–Kier alpha value is -0.830. The predicted octanol–water partition coefficient (Wildman–Crippen LogP) is 1.42. The molecule has 0 fully saturated rings. The Morgan fingerprint density at radius 1 is 1.73 bits per heavy atom. The highest BCUT2D eigenvalue weighted by Gasteiger charge is 1.90. The van der Waals surface area contributed by atoms with E-state index in [-0.39, 0.29) is 6.10 Å². The van der Waals surface area contributed by atoms with Crippen LogP contribution in [-0.4, -0.2) is 22.3 Å². The van der Waals surface area contributed by atoms with Gasteiger partial charge in [-0.05, 0) is 6.42 Å². The first-order valence-corrected chi connectivity index (χ1v) is 3.54. The summed E-state index contributed by atoms with van der Waals surface area (Å²) in [6.07, 6.45) is 3.13. The van der Waals surface area contributed by atoms with E-state index in [2.05, 4.69) is 6.58 Å². The quantitative estimate of drug-likeness (QED) is 0.614. The normalized spacial score (nSPS) is 10.8. The van der Waals surface area contributed by atoms with Crippen molar-refractivity contribution < 1.29 is 15.0 Å². The number of carboxylic acids is 1. The molecule has 3 heteroatoms. The summed E-state index contributed by atoms with van der Waals surface area (Å²) in [5.41, 5.74) is 0. The van der Waals surface area contributed by atoms with Gasteiger partial charge in [0.15, 0.2) is 0 Å². The third kappa shape index (κ3) is 27.1. The first kappa shape index (κ1) is 12.8. The minimum absolute atomic E-state index is 0.287. The molecular weight excluding hydrogens is 144 g/mol. The first-order valence-electron chi connectivity index (χ1n) is 3.54. The van der Waals surface area contributed by atoms with Crippen molar-refractivity contribution in [1.29, 1.82) is 0 Å². The Morgan fingerprint density at radius 2 is 2.09 bits per heavy atom. The minimum atomic E-state index is -0.833. The van der Waals surface area contributed by atoms with E-state index < -0.39 is 5.97 Å². The molecule has 1 unspecified atom stereocenters. The van der Waals surface area contributed by atoms with Crippen molar-refractivity contribution in [2.24, 2.45) is 0 Å². The summed E-state index contributed by atoms with van der Waals surface area (Å²) in [7, 11) is 0. The number of aliphatic carboxylic acids is 1. The zero-order chi connectivity index (χ0) is 9.28. The van der Waals surface area contributed by atoms with Crippen molar-refractivity contribution >= 4 is 5.97 Å². The van der Waals surface area contributed by atoms with Gasteiger partial charge >= 0.3 is 0 Å². The van der Waals surface area contributed by atoms with Crippen LogP contribution in [-0.2, 0) is 4.79 Å². The number of carboxylic acid groups (broad SMARTS) is 1. The van der Waals surface area contributed by atoms with Crippen LogP contribution >= 0.6 is 0 Å². The van der Waals surface area contributed by atoms with Crippen LogP contribution in [0.2, 0.25) is 0 Å². The lowest BCUT2D eigenvalue weighted by atomic mass is 10.2. The van der Waals surface area contributed by atoms with Crippen LogP contribution in [0.5, 0.6) is 0 Å². The molecule has 1 atom stereocenters. The fraction of sp³-hybridized carbons (Fsp3) is 0.625. The van der Waals surface area contributed by atoms with Gasteiger partial charge in [0, 0.05) is 6.92 Å². The maximum Gasteiger partial charge on any atom is 0.300 e. The molecule has 0 rings (SSSR count). The molecule has 0 aromatic heterocycles. The van der Waals surface area contributed by atoms with E-state index in [0.29, 0.717) is 0 Å². The highest BCUT2D eigenvalue weighted by molar-refractivity contribution is 5.62. The fourth-order valence-corrected chi connectivity index (χ4v) is 0.414. The SMILES string of the molecule is C=CC(O)CCC.CC(=O)O. The Labute approximate surface area is 67.4 Å². The van der Waals surface area contributed by atoms with Gasteiger partial charge in [-0.1, -0.05) is 19.4 Å². The molecule has 2 N–H and O–H groups in total. The lowest BCUT2D eigenvalue weighted by molar-refractivity contribution is -0.134. The lowest BCUT2D eigenvalue weighted by Gasteiger charge is -1.97. The van der Waals surface area contributed by atoms with E-state index in [9.17, 15) is 0 Å². The van der Waals surface area contributed by atoms with Gasteiger partial charge in [-0.25, -0.2) is 0 Å². The van der Waals surface area contributed by atoms with Crippen LogP contribution in [0, 0.1) is 0 Å². The summed E-state index contributed by atoms with van der Waals surface area (Å²) in [6, 6.07) is 0. The third-order valence-electron chi connectivity index (χ3n) is 0.857. The number of aliphatic hydroxyl groups excluding tert-OH is 1. The van der Waals surface area contributed by atoms with Crippen LogP contribution < -0.4 is 0 Å². The highest BCUT2D eigenvalue weighted by atomic mass is 16.4. The van der Waals surface area contributed by atoms with Gasteiger partial charge in [-0.3, -0.25) is 4.79 Å². The molecule has 0 spiro atoms. The monoisotopic (exact) mass is 160 g/mol. The maximum absolute atomic E-state index is 9.00. The number of rotatable bonds is 3. The van der Waals surface area contributed by atoms with Crippen LogP contribution in [0.15, 0.2) is 12.7 Å². The molecule has 0 aromatic rings. The average molecular weight is 160 g/mol. The molecule has 0 saturated carbocycles. The molecule has 0 amide bonds. The molecule has 3 nitrogen and oxygen atoms in total. The summed E-state index contributed by atoms with van der Waals surface area (Å²) < 4.78 is 0. The van der Waals surface area contributed by atoms with E-state index >= 15 is 0 Å². The zero-order valence-electron chi connectivity index (χ0n) is 7.08. The first-order chi connectivity index (χ1) is 5.04. The number of hydrogen-bond donors (Lipinski definition) is 2. The third-order valence-corrected chi connectivity index (χ3v) is 0.857. The largest absolute Gasteiger partial charge is 0.481 e. The van der Waals surface area contributed by atoms with Crippen LogP contribution in [0.25, 0.3) is 0 Å². The highest BCUT2D eigenvalue weighted by Crippen LogP contribution is 1.94. The van der Waals surface area contributed by atoms with E-state index in [0.717, 1.165) is 19.8 Å². The second-order valence-electron chi connectivity index (χ2n) is 2.11. The standard InChI is InChI=1S/C6H12O.C2H4O2/c1-3-5-6(7)4-2;1-2(3)4/h4,6-7H,2-3,5H2,1H3;1H3,(H,3,4). The van der Waals surface area contributed by atoms with E-state index in [1.54, 1.807) is 6.08 Å². The van der Waals surface area contributed by atoms with Crippen molar-refractivity contribution in [2.45, 2.75) is 32.8 Å². The van der Waals surface area contributed by atoms with Gasteiger partial charge in [-0.15, -0.1) is 6.58 Å². The fourth-order valence-electron chi connectivity index (χ4n) is 0.414. The molecule has 66 valence electrons. The van der Waals surface area contributed by atoms with Crippen molar-refractivity contribution in [3.63, 3.8) is 0 Å². The van der Waals surface area contributed by atoms with Gasteiger partial charge in [0.25, 0.3) is 5.97 Å². The molecule has 0 saturated heterocycles. The van der Waals surface area contributed by atoms with Crippen molar-refractivity contribution in [3.05, 3.63) is 12.7 Å². The summed E-state index contributed by atoms with van der Waals surface area (Å²) in [5.74, 6) is -0.833. The summed E-state index contributed by atoms with van der Waals surface area (Å²) in [5, 5.41) is 16.2. The van der Waals surface area contributed by atoms with Crippen molar-refractivity contribution in [1.82, 2.24) is 0 Å². The van der Waals surface area contributed by atoms with Gasteiger partial charge in [-0.2, -0.15) is 0 Å². The predicted molar refractivity (Wildman–Crippen MR) is 44.4 cm³/mol. The average Bonchev–Trinajstić information content (AvgIpc) is 1.87. The molecule has 0 heterocycles. The number of hydrogen-bond acceptors (Lipinski definition) is 2. The molecule has 0 aliphatic carbocycles. The van der Waals surface area contributed by atoms with Gasteiger partial charge in [0.05, 0.1) is 6.10 Å². The van der Waals surface area contributed by atoms with Crippen molar-refractivity contribution in [3.8, 4) is 0 Å². The Morgan fingerprint density at radius 3 is 2.18 bits per heavy atom. The second-order valence-corrected chi connectivity index (χ2v) is 2.11. The van der Waals surface area contributed by atoms with E-state index in [1.165, 1.54) is 0 Å². The summed E-state index contributed by atoms with van der Waals surface area (Å²) in [6.45, 7) is 6.55. The Balaban J connectivity index is 0. The topological polar surface area (TPSA) is 57.5 Å². The maximum atomic E-state index is 9.00. The number of carbonyl (C=O) groups is 1. The van der Waals surface area contributed by atoms with Gasteiger partial charge < -0.3 is 10.2 Å². The van der Waals surface area contributed by atoms with Gasteiger partial charge in [0.1, 0.15) is 0 Å².